The van der Waals surface area contributed by atoms with Crippen LogP contribution in [0.5, 0.6) is 0 Å². The first-order valence-electron chi connectivity index (χ1n) is 6.28. The van der Waals surface area contributed by atoms with Crippen molar-refractivity contribution in [3.8, 4) is 0 Å². The van der Waals surface area contributed by atoms with E-state index in [1.165, 1.54) is 4.90 Å². The third kappa shape index (κ3) is 2.00. The second-order valence-corrected chi connectivity index (χ2v) is 5.24. The molecular weight excluding hydrogens is 274 g/mol. The number of carbonyl (C=O) groups excluding carboxylic acids is 2. The zero-order valence-corrected chi connectivity index (χ0v) is 11.6. The van der Waals surface area contributed by atoms with Crippen LogP contribution in [0.25, 0.3) is 0 Å². The van der Waals surface area contributed by atoms with Gasteiger partial charge in [0.05, 0.1) is 17.7 Å². The number of amides is 2. The van der Waals surface area contributed by atoms with Crippen molar-refractivity contribution in [2.24, 2.45) is 0 Å². The second-order valence-electron chi connectivity index (χ2n) is 4.84. The predicted molar refractivity (Wildman–Crippen MR) is 76.8 cm³/mol. The molecule has 0 aliphatic carbocycles. The molecule has 1 aliphatic rings. The highest BCUT2D eigenvalue weighted by molar-refractivity contribution is 6.31. The number of halogens is 1. The van der Waals surface area contributed by atoms with Crippen LogP contribution >= 0.6 is 11.6 Å². The van der Waals surface area contributed by atoms with E-state index in [0.29, 0.717) is 16.1 Å². The summed E-state index contributed by atoms with van der Waals surface area (Å²) in [6, 6.07) is 12.5. The summed E-state index contributed by atoms with van der Waals surface area (Å²) in [5.41, 5.74) is 2.73. The molecule has 3 rings (SSSR count). The van der Waals surface area contributed by atoms with Crippen LogP contribution in [-0.4, -0.2) is 16.7 Å². The standard InChI is InChI=1S/C16H12ClNO2/c1-10-6-7-11(14(17)8-10)9-18-15(19)12-4-2-3-5-13(12)16(18)20/h2-8H,9H2,1H3. The first kappa shape index (κ1) is 12.9. The lowest BCUT2D eigenvalue weighted by Crippen LogP contribution is -2.29. The minimum atomic E-state index is -0.262. The summed E-state index contributed by atoms with van der Waals surface area (Å²) in [4.78, 5) is 25.7. The molecule has 0 saturated carbocycles. The minimum absolute atomic E-state index is 0.200. The molecule has 0 bridgehead atoms. The predicted octanol–water partition coefficient (Wildman–Crippen LogP) is 3.44. The van der Waals surface area contributed by atoms with Crippen molar-refractivity contribution in [3.63, 3.8) is 0 Å². The molecule has 0 atom stereocenters. The number of nitrogens with zero attached hydrogens (tertiary/aromatic N) is 1. The SMILES string of the molecule is Cc1ccc(CN2C(=O)c3ccccc3C2=O)c(Cl)c1. The molecule has 100 valence electrons. The summed E-state index contributed by atoms with van der Waals surface area (Å²) in [5.74, 6) is -0.524. The van der Waals surface area contributed by atoms with Gasteiger partial charge in [0, 0.05) is 5.02 Å². The maximum Gasteiger partial charge on any atom is 0.261 e. The van der Waals surface area contributed by atoms with Gasteiger partial charge >= 0.3 is 0 Å². The van der Waals surface area contributed by atoms with E-state index >= 15 is 0 Å². The van der Waals surface area contributed by atoms with Gasteiger partial charge in [-0.05, 0) is 36.2 Å². The van der Waals surface area contributed by atoms with Crippen LogP contribution in [0.3, 0.4) is 0 Å². The van der Waals surface area contributed by atoms with Crippen molar-refractivity contribution in [2.45, 2.75) is 13.5 Å². The maximum absolute atomic E-state index is 12.3. The second kappa shape index (κ2) is 4.76. The lowest BCUT2D eigenvalue weighted by atomic mass is 10.1. The Balaban J connectivity index is 1.94. The first-order valence-corrected chi connectivity index (χ1v) is 6.66. The van der Waals surface area contributed by atoms with Gasteiger partial charge in [-0.1, -0.05) is 35.9 Å². The fourth-order valence-corrected chi connectivity index (χ4v) is 2.63. The Labute approximate surface area is 121 Å². The molecule has 0 aromatic heterocycles. The van der Waals surface area contributed by atoms with Crippen LogP contribution in [0.1, 0.15) is 31.8 Å². The fourth-order valence-electron chi connectivity index (χ4n) is 2.33. The first-order chi connectivity index (χ1) is 9.58. The minimum Gasteiger partial charge on any atom is -0.270 e. The van der Waals surface area contributed by atoms with E-state index in [1.54, 1.807) is 24.3 Å². The van der Waals surface area contributed by atoms with Crippen LogP contribution in [0.2, 0.25) is 5.02 Å². The Hall–Kier alpha value is -2.13. The van der Waals surface area contributed by atoms with E-state index in [2.05, 4.69) is 0 Å². The lowest BCUT2D eigenvalue weighted by Gasteiger charge is -2.15. The van der Waals surface area contributed by atoms with Crippen LogP contribution in [-0.2, 0) is 6.54 Å². The largest absolute Gasteiger partial charge is 0.270 e. The summed E-state index contributed by atoms with van der Waals surface area (Å²) in [5, 5.41) is 0.571. The number of benzene rings is 2. The molecule has 3 nitrogen and oxygen atoms in total. The number of hydrogen-bond acceptors (Lipinski definition) is 2. The molecule has 0 radical (unpaired) electrons. The Morgan fingerprint density at radius 3 is 2.15 bits per heavy atom. The highest BCUT2D eigenvalue weighted by atomic mass is 35.5. The number of hydrogen-bond donors (Lipinski definition) is 0. The quantitative estimate of drug-likeness (QED) is 0.793. The zero-order valence-electron chi connectivity index (χ0n) is 10.9. The van der Waals surface area contributed by atoms with E-state index in [0.717, 1.165) is 11.1 Å². The van der Waals surface area contributed by atoms with Gasteiger partial charge in [-0.3, -0.25) is 14.5 Å². The van der Waals surface area contributed by atoms with Gasteiger partial charge < -0.3 is 0 Å². The Kier molecular flexibility index (Phi) is 3.07. The zero-order chi connectivity index (χ0) is 14.3. The molecule has 0 unspecified atom stereocenters. The highest BCUT2D eigenvalue weighted by Crippen LogP contribution is 2.26. The molecule has 0 saturated heterocycles. The van der Waals surface area contributed by atoms with Gasteiger partial charge in [0.15, 0.2) is 0 Å². The molecule has 1 aliphatic heterocycles. The van der Waals surface area contributed by atoms with E-state index < -0.39 is 0 Å². The Bertz CT molecular complexity index is 689. The molecule has 2 amide bonds. The summed E-state index contributed by atoms with van der Waals surface area (Å²) in [6.07, 6.45) is 0. The van der Waals surface area contributed by atoms with E-state index in [-0.39, 0.29) is 18.4 Å². The normalized spacial score (nSPS) is 13.8. The topological polar surface area (TPSA) is 37.4 Å². The number of imide groups is 1. The smallest absolute Gasteiger partial charge is 0.261 e. The Morgan fingerprint density at radius 1 is 1.00 bits per heavy atom. The van der Waals surface area contributed by atoms with Gasteiger partial charge in [0.2, 0.25) is 0 Å². The van der Waals surface area contributed by atoms with Crippen LogP contribution < -0.4 is 0 Å². The number of fused-ring (bicyclic) bond motifs is 1. The summed E-state index contributed by atoms with van der Waals surface area (Å²) >= 11 is 6.17. The monoisotopic (exact) mass is 285 g/mol. The summed E-state index contributed by atoms with van der Waals surface area (Å²) in [6.45, 7) is 2.14. The molecular formula is C16H12ClNO2. The van der Waals surface area contributed by atoms with Crippen LogP contribution in [0.15, 0.2) is 42.5 Å². The molecule has 0 fully saturated rings. The third-order valence-electron chi connectivity index (χ3n) is 3.42. The molecule has 0 spiro atoms. The van der Waals surface area contributed by atoms with Crippen molar-refractivity contribution >= 4 is 23.4 Å². The third-order valence-corrected chi connectivity index (χ3v) is 3.77. The number of rotatable bonds is 2. The van der Waals surface area contributed by atoms with Crippen molar-refractivity contribution in [3.05, 3.63) is 69.7 Å². The van der Waals surface area contributed by atoms with Crippen LogP contribution in [0, 0.1) is 6.92 Å². The Morgan fingerprint density at radius 2 is 1.60 bits per heavy atom. The van der Waals surface area contributed by atoms with Gasteiger partial charge in [-0.2, -0.15) is 0 Å². The van der Waals surface area contributed by atoms with Gasteiger partial charge in [-0.25, -0.2) is 0 Å². The van der Waals surface area contributed by atoms with Crippen molar-refractivity contribution in [1.82, 2.24) is 4.90 Å². The van der Waals surface area contributed by atoms with E-state index in [4.69, 9.17) is 11.6 Å². The highest BCUT2D eigenvalue weighted by Gasteiger charge is 2.35. The molecule has 0 N–H and O–H groups in total. The average Bonchev–Trinajstić information content (AvgIpc) is 2.67. The van der Waals surface area contributed by atoms with Crippen molar-refractivity contribution in [2.75, 3.05) is 0 Å². The van der Waals surface area contributed by atoms with Crippen molar-refractivity contribution in [1.29, 1.82) is 0 Å². The van der Waals surface area contributed by atoms with E-state index in [1.807, 2.05) is 25.1 Å². The van der Waals surface area contributed by atoms with Crippen molar-refractivity contribution < 1.29 is 9.59 Å². The summed E-state index contributed by atoms with van der Waals surface area (Å²) in [7, 11) is 0. The summed E-state index contributed by atoms with van der Waals surface area (Å²) < 4.78 is 0. The van der Waals surface area contributed by atoms with Crippen LogP contribution in [0.4, 0.5) is 0 Å². The van der Waals surface area contributed by atoms with Gasteiger partial charge in [-0.15, -0.1) is 0 Å². The molecule has 4 heteroatoms. The maximum atomic E-state index is 12.3. The molecule has 20 heavy (non-hydrogen) atoms. The molecule has 2 aromatic rings. The van der Waals surface area contributed by atoms with E-state index in [9.17, 15) is 9.59 Å². The fraction of sp³-hybridized carbons (Fsp3) is 0.125. The van der Waals surface area contributed by atoms with Gasteiger partial charge in [0.25, 0.3) is 11.8 Å². The molecule has 1 heterocycles. The number of carbonyl (C=O) groups is 2. The average molecular weight is 286 g/mol. The number of aryl methyl sites for hydroxylation is 1. The van der Waals surface area contributed by atoms with Gasteiger partial charge in [0.1, 0.15) is 0 Å². The lowest BCUT2D eigenvalue weighted by molar-refractivity contribution is 0.0642. The molecule has 2 aromatic carbocycles.